The molecule has 0 rings (SSSR count). The smallest absolute Gasteiger partial charge is 0.203 e. The van der Waals surface area contributed by atoms with E-state index in [0.717, 1.165) is 0 Å². The van der Waals surface area contributed by atoms with Gasteiger partial charge in [-0.2, -0.15) is 0 Å². The lowest BCUT2D eigenvalue weighted by Gasteiger charge is -2.23. The minimum Gasteiger partial charge on any atom is -0.471 e. The van der Waals surface area contributed by atoms with Gasteiger partial charge in [0, 0.05) is 13.8 Å². The van der Waals surface area contributed by atoms with Crippen molar-refractivity contribution in [2.75, 3.05) is 6.61 Å². The first kappa shape index (κ1) is 9.50. The van der Waals surface area contributed by atoms with E-state index in [1.165, 1.54) is 6.26 Å². The summed E-state index contributed by atoms with van der Waals surface area (Å²) < 4.78 is 10.3. The molecule has 0 atom stereocenters. The van der Waals surface area contributed by atoms with E-state index in [4.69, 9.17) is 9.47 Å². The molecule has 0 aromatic carbocycles. The monoisotopic (exact) mass is 143 g/mol. The molecule has 0 aliphatic heterocycles. The van der Waals surface area contributed by atoms with Crippen molar-refractivity contribution >= 4 is 0 Å². The molecule has 0 amide bonds. The van der Waals surface area contributed by atoms with Gasteiger partial charge in [-0.1, -0.05) is 13.5 Å². The Kier molecular flexibility index (Phi) is 4.12. The zero-order valence-electron chi connectivity index (χ0n) is 6.89. The maximum atomic E-state index is 5.27. The second-order valence-electron chi connectivity index (χ2n) is 2.40. The summed E-state index contributed by atoms with van der Waals surface area (Å²) in [6, 6.07) is 0. The molecule has 1 radical (unpaired) electrons. The zero-order chi connectivity index (χ0) is 8.04. The van der Waals surface area contributed by atoms with E-state index in [2.05, 4.69) is 6.58 Å². The molecule has 59 valence electrons. The third-order valence-electron chi connectivity index (χ3n) is 0.965. The predicted molar refractivity (Wildman–Crippen MR) is 41.3 cm³/mol. The average molecular weight is 143 g/mol. The molecule has 0 unspecified atom stereocenters. The van der Waals surface area contributed by atoms with Gasteiger partial charge in [0.1, 0.15) is 0 Å². The Morgan fingerprint density at radius 3 is 2.50 bits per heavy atom. The lowest BCUT2D eigenvalue weighted by atomic mass is 10.4. The van der Waals surface area contributed by atoms with Gasteiger partial charge in [-0.15, -0.1) is 0 Å². The van der Waals surface area contributed by atoms with E-state index in [-0.39, 0.29) is 0 Å². The summed E-state index contributed by atoms with van der Waals surface area (Å²) in [7, 11) is 0. The highest BCUT2D eigenvalue weighted by atomic mass is 16.7. The fourth-order valence-electron chi connectivity index (χ4n) is 0.519. The van der Waals surface area contributed by atoms with Gasteiger partial charge in [0.25, 0.3) is 0 Å². The SMILES string of the molecule is C=COC(C)(C)OC[CH]C. The molecule has 0 fully saturated rings. The Morgan fingerprint density at radius 2 is 2.10 bits per heavy atom. The Balaban J connectivity index is 3.51. The number of ether oxygens (including phenoxy) is 2. The largest absolute Gasteiger partial charge is 0.471 e. The van der Waals surface area contributed by atoms with Gasteiger partial charge in [-0.3, -0.25) is 0 Å². The van der Waals surface area contributed by atoms with Crippen molar-refractivity contribution < 1.29 is 9.47 Å². The molecule has 2 nitrogen and oxygen atoms in total. The Morgan fingerprint density at radius 1 is 1.50 bits per heavy atom. The lowest BCUT2D eigenvalue weighted by Crippen LogP contribution is -2.26. The van der Waals surface area contributed by atoms with Gasteiger partial charge < -0.3 is 9.47 Å². The van der Waals surface area contributed by atoms with Crippen LogP contribution in [0.25, 0.3) is 0 Å². The molecule has 2 heteroatoms. The maximum absolute atomic E-state index is 5.27. The standard InChI is InChI=1S/C8H15O2/c1-5-7-10-8(3,4)9-6-2/h5-6H,2,7H2,1,3-4H3. The normalized spacial score (nSPS) is 11.1. The van der Waals surface area contributed by atoms with Gasteiger partial charge in [0.15, 0.2) is 0 Å². The molecule has 0 aliphatic rings. The topological polar surface area (TPSA) is 18.5 Å². The van der Waals surface area contributed by atoms with Gasteiger partial charge in [-0.05, 0) is 6.42 Å². The molecule has 0 N–H and O–H groups in total. The lowest BCUT2D eigenvalue weighted by molar-refractivity contribution is -0.175. The van der Waals surface area contributed by atoms with Crippen molar-refractivity contribution in [1.29, 1.82) is 0 Å². The fraction of sp³-hybridized carbons (Fsp3) is 0.625. The van der Waals surface area contributed by atoms with E-state index >= 15 is 0 Å². The molecule has 0 heterocycles. The summed E-state index contributed by atoms with van der Waals surface area (Å²) in [6.45, 7) is 9.66. The summed E-state index contributed by atoms with van der Waals surface area (Å²) in [5.41, 5.74) is 0. The van der Waals surface area contributed by atoms with Crippen LogP contribution in [0.15, 0.2) is 12.8 Å². The number of rotatable bonds is 5. The fourth-order valence-corrected chi connectivity index (χ4v) is 0.519. The van der Waals surface area contributed by atoms with E-state index in [0.29, 0.717) is 6.61 Å². The van der Waals surface area contributed by atoms with Gasteiger partial charge in [0.05, 0.1) is 12.9 Å². The quantitative estimate of drug-likeness (QED) is 0.433. The van der Waals surface area contributed by atoms with Crippen LogP contribution in [0, 0.1) is 6.42 Å². The van der Waals surface area contributed by atoms with E-state index in [9.17, 15) is 0 Å². The van der Waals surface area contributed by atoms with Crippen molar-refractivity contribution in [3.8, 4) is 0 Å². The minimum absolute atomic E-state index is 0.547. The summed E-state index contributed by atoms with van der Waals surface area (Å²) in [5.74, 6) is -0.547. The molecule has 0 aromatic rings. The Bertz CT molecular complexity index is 97.4. The van der Waals surface area contributed by atoms with Gasteiger partial charge in [0.2, 0.25) is 5.79 Å². The highest BCUT2D eigenvalue weighted by molar-refractivity contribution is 4.63. The molecule has 0 spiro atoms. The van der Waals surface area contributed by atoms with Crippen molar-refractivity contribution in [2.45, 2.75) is 26.6 Å². The van der Waals surface area contributed by atoms with Crippen LogP contribution in [0.5, 0.6) is 0 Å². The van der Waals surface area contributed by atoms with Crippen molar-refractivity contribution in [2.24, 2.45) is 0 Å². The third kappa shape index (κ3) is 4.39. The maximum Gasteiger partial charge on any atom is 0.203 e. The zero-order valence-corrected chi connectivity index (χ0v) is 6.89. The van der Waals surface area contributed by atoms with Crippen LogP contribution in [0.2, 0.25) is 0 Å². The molecule has 0 aliphatic carbocycles. The first-order valence-corrected chi connectivity index (χ1v) is 3.33. The van der Waals surface area contributed by atoms with Crippen LogP contribution in [0.1, 0.15) is 20.8 Å². The van der Waals surface area contributed by atoms with Crippen molar-refractivity contribution in [3.05, 3.63) is 19.3 Å². The van der Waals surface area contributed by atoms with Crippen molar-refractivity contribution in [1.82, 2.24) is 0 Å². The minimum atomic E-state index is -0.547. The predicted octanol–water partition coefficient (Wildman–Crippen LogP) is 2.12. The van der Waals surface area contributed by atoms with Crippen LogP contribution < -0.4 is 0 Å². The van der Waals surface area contributed by atoms with E-state index in [1.807, 2.05) is 27.2 Å². The molecule has 0 saturated heterocycles. The molecular formula is C8H15O2. The summed E-state index contributed by atoms with van der Waals surface area (Å²) in [4.78, 5) is 0. The number of hydrogen-bond acceptors (Lipinski definition) is 2. The first-order chi connectivity index (χ1) is 4.62. The second-order valence-corrected chi connectivity index (χ2v) is 2.40. The third-order valence-corrected chi connectivity index (χ3v) is 0.965. The first-order valence-electron chi connectivity index (χ1n) is 3.33. The van der Waals surface area contributed by atoms with E-state index < -0.39 is 5.79 Å². The highest BCUT2D eigenvalue weighted by Crippen LogP contribution is 2.10. The molecular weight excluding hydrogens is 128 g/mol. The average Bonchev–Trinajstić information content (AvgIpc) is 1.84. The highest BCUT2D eigenvalue weighted by Gasteiger charge is 2.16. The molecule has 0 bridgehead atoms. The van der Waals surface area contributed by atoms with Crippen LogP contribution in [0.4, 0.5) is 0 Å². The second kappa shape index (κ2) is 4.34. The van der Waals surface area contributed by atoms with Crippen LogP contribution >= 0.6 is 0 Å². The Labute approximate surface area is 62.8 Å². The van der Waals surface area contributed by atoms with Crippen LogP contribution in [-0.2, 0) is 9.47 Å². The summed E-state index contributed by atoms with van der Waals surface area (Å²) >= 11 is 0. The van der Waals surface area contributed by atoms with Crippen molar-refractivity contribution in [3.63, 3.8) is 0 Å². The Hall–Kier alpha value is -0.500. The van der Waals surface area contributed by atoms with E-state index in [1.54, 1.807) is 0 Å². The summed E-state index contributed by atoms with van der Waals surface area (Å²) in [6.07, 6.45) is 3.31. The molecule has 10 heavy (non-hydrogen) atoms. The van der Waals surface area contributed by atoms with Gasteiger partial charge >= 0.3 is 0 Å². The number of hydrogen-bond donors (Lipinski definition) is 0. The molecule has 0 saturated carbocycles. The van der Waals surface area contributed by atoms with Gasteiger partial charge in [-0.25, -0.2) is 0 Å². The molecule has 0 aromatic heterocycles. The summed E-state index contributed by atoms with van der Waals surface area (Å²) in [5, 5.41) is 0. The van der Waals surface area contributed by atoms with Crippen LogP contribution in [-0.4, -0.2) is 12.4 Å². The van der Waals surface area contributed by atoms with Crippen LogP contribution in [0.3, 0.4) is 0 Å².